The number of methoxy groups -OCH3 is 1. The highest BCUT2D eigenvalue weighted by molar-refractivity contribution is 5.91. The van der Waals surface area contributed by atoms with Crippen LogP contribution in [-0.2, 0) is 17.9 Å². The van der Waals surface area contributed by atoms with E-state index in [9.17, 15) is 9.90 Å². The molecule has 0 atom stereocenters. The number of carboxylic acids is 1. The molecule has 1 aromatic carbocycles. The van der Waals surface area contributed by atoms with Crippen molar-refractivity contribution in [1.82, 2.24) is 15.0 Å². The van der Waals surface area contributed by atoms with Gasteiger partial charge in [0.15, 0.2) is 0 Å². The summed E-state index contributed by atoms with van der Waals surface area (Å²) < 4.78 is 6.51. The van der Waals surface area contributed by atoms with Crippen molar-refractivity contribution in [2.75, 3.05) is 7.11 Å². The summed E-state index contributed by atoms with van der Waals surface area (Å²) in [5.74, 6) is -1.54. The van der Waals surface area contributed by atoms with Gasteiger partial charge in [0.25, 0.3) is 0 Å². The van der Waals surface area contributed by atoms with E-state index in [1.54, 1.807) is 0 Å². The average molecular weight is 278 g/mol. The molecule has 2 rings (SSSR count). The number of hydrogen-bond donors (Lipinski definition) is 3. The summed E-state index contributed by atoms with van der Waals surface area (Å²) >= 11 is 0. The molecule has 0 spiro atoms. The molecule has 8 nitrogen and oxygen atoms in total. The third kappa shape index (κ3) is 2.46. The summed E-state index contributed by atoms with van der Waals surface area (Å²) in [5.41, 5.74) is 7.02. The smallest absolute Gasteiger partial charge is 0.339 e. The molecule has 0 saturated heterocycles. The largest absolute Gasteiger partial charge is 0.507 e. The first-order valence-electron chi connectivity index (χ1n) is 5.77. The van der Waals surface area contributed by atoms with E-state index < -0.39 is 5.97 Å². The number of benzene rings is 1. The van der Waals surface area contributed by atoms with Gasteiger partial charge in [0.1, 0.15) is 17.0 Å². The van der Waals surface area contributed by atoms with Crippen LogP contribution in [0, 0.1) is 0 Å². The second-order valence-corrected chi connectivity index (χ2v) is 4.04. The molecule has 20 heavy (non-hydrogen) atoms. The van der Waals surface area contributed by atoms with Gasteiger partial charge in [-0.1, -0.05) is 5.21 Å². The zero-order chi connectivity index (χ0) is 14.7. The van der Waals surface area contributed by atoms with Gasteiger partial charge >= 0.3 is 5.97 Å². The third-order valence-corrected chi connectivity index (χ3v) is 2.77. The topological polar surface area (TPSA) is 123 Å². The standard InChI is InChI=1S/C12H14N4O4/c1-20-6-10-9(5-13)14-15-16(10)7-2-3-11(17)8(4-7)12(18)19/h2-4,17H,5-6,13H2,1H3,(H,18,19). The van der Waals surface area contributed by atoms with Gasteiger partial charge in [0.2, 0.25) is 0 Å². The zero-order valence-electron chi connectivity index (χ0n) is 10.8. The summed E-state index contributed by atoms with van der Waals surface area (Å²) in [6.07, 6.45) is 0. The molecule has 8 heteroatoms. The molecule has 1 heterocycles. The fraction of sp³-hybridized carbons (Fsp3) is 0.250. The van der Waals surface area contributed by atoms with Crippen molar-refractivity contribution in [3.05, 3.63) is 35.2 Å². The molecule has 0 amide bonds. The van der Waals surface area contributed by atoms with Crippen LogP contribution in [0.25, 0.3) is 5.69 Å². The van der Waals surface area contributed by atoms with Gasteiger partial charge in [-0.3, -0.25) is 0 Å². The van der Waals surface area contributed by atoms with Crippen LogP contribution in [0.15, 0.2) is 18.2 Å². The highest BCUT2D eigenvalue weighted by atomic mass is 16.5. The lowest BCUT2D eigenvalue weighted by Crippen LogP contribution is -2.08. The molecular weight excluding hydrogens is 264 g/mol. The van der Waals surface area contributed by atoms with Crippen LogP contribution in [0.4, 0.5) is 0 Å². The van der Waals surface area contributed by atoms with Gasteiger partial charge in [-0.05, 0) is 18.2 Å². The lowest BCUT2D eigenvalue weighted by atomic mass is 10.1. The molecule has 0 radical (unpaired) electrons. The van der Waals surface area contributed by atoms with E-state index in [-0.39, 0.29) is 24.5 Å². The van der Waals surface area contributed by atoms with Crippen LogP contribution in [-0.4, -0.2) is 38.3 Å². The highest BCUT2D eigenvalue weighted by Crippen LogP contribution is 2.22. The summed E-state index contributed by atoms with van der Waals surface area (Å²) in [7, 11) is 1.52. The first-order valence-corrected chi connectivity index (χ1v) is 5.77. The third-order valence-electron chi connectivity index (χ3n) is 2.77. The number of nitrogens with zero attached hydrogens (tertiary/aromatic N) is 3. The number of aromatic hydroxyl groups is 1. The lowest BCUT2D eigenvalue weighted by Gasteiger charge is -2.08. The Morgan fingerprint density at radius 2 is 2.25 bits per heavy atom. The van der Waals surface area contributed by atoms with Crippen molar-refractivity contribution in [2.24, 2.45) is 5.73 Å². The number of aromatic nitrogens is 3. The molecule has 4 N–H and O–H groups in total. The van der Waals surface area contributed by atoms with E-state index in [0.29, 0.717) is 17.1 Å². The summed E-state index contributed by atoms with van der Waals surface area (Å²) in [6, 6.07) is 4.14. The Balaban J connectivity index is 2.54. The molecule has 0 unspecified atom stereocenters. The van der Waals surface area contributed by atoms with E-state index in [1.165, 1.54) is 30.0 Å². The monoisotopic (exact) mass is 278 g/mol. The molecule has 0 saturated carbocycles. The second kappa shape index (κ2) is 5.68. The van der Waals surface area contributed by atoms with Crippen LogP contribution in [0.5, 0.6) is 5.75 Å². The van der Waals surface area contributed by atoms with Crippen molar-refractivity contribution < 1.29 is 19.7 Å². The van der Waals surface area contributed by atoms with Gasteiger partial charge in [-0.2, -0.15) is 0 Å². The average Bonchev–Trinajstić information content (AvgIpc) is 2.82. The SMILES string of the molecule is COCc1c(CN)nnn1-c1ccc(O)c(C(=O)O)c1. The summed E-state index contributed by atoms with van der Waals surface area (Å²) in [6.45, 7) is 0.436. The first kappa shape index (κ1) is 14.0. The van der Waals surface area contributed by atoms with Crippen LogP contribution < -0.4 is 5.73 Å². The van der Waals surface area contributed by atoms with Gasteiger partial charge in [0.05, 0.1) is 18.0 Å². The second-order valence-electron chi connectivity index (χ2n) is 4.04. The van der Waals surface area contributed by atoms with E-state index in [1.807, 2.05) is 0 Å². The fourth-order valence-electron chi connectivity index (χ4n) is 1.81. The van der Waals surface area contributed by atoms with Gasteiger partial charge in [0, 0.05) is 13.7 Å². The minimum Gasteiger partial charge on any atom is -0.507 e. The van der Waals surface area contributed by atoms with Crippen LogP contribution in [0.3, 0.4) is 0 Å². The van der Waals surface area contributed by atoms with Crippen molar-refractivity contribution >= 4 is 5.97 Å². The maximum absolute atomic E-state index is 11.0. The molecule has 1 aromatic heterocycles. The van der Waals surface area contributed by atoms with Gasteiger partial charge in [-0.15, -0.1) is 5.10 Å². The van der Waals surface area contributed by atoms with Crippen molar-refractivity contribution in [1.29, 1.82) is 0 Å². The van der Waals surface area contributed by atoms with Gasteiger partial charge in [-0.25, -0.2) is 9.48 Å². The quantitative estimate of drug-likeness (QED) is 0.717. The number of rotatable bonds is 5. The minimum absolute atomic E-state index is 0.197. The predicted octanol–water partition coefficient (Wildman–Crippen LogP) is 0.276. The minimum atomic E-state index is -1.23. The molecule has 0 bridgehead atoms. The Labute approximate surface area is 114 Å². The van der Waals surface area contributed by atoms with Gasteiger partial charge < -0.3 is 20.7 Å². The van der Waals surface area contributed by atoms with Crippen molar-refractivity contribution in [2.45, 2.75) is 13.2 Å². The van der Waals surface area contributed by atoms with Crippen molar-refractivity contribution in [3.8, 4) is 11.4 Å². The number of nitrogens with two attached hydrogens (primary N) is 1. The molecule has 0 fully saturated rings. The molecule has 106 valence electrons. The Morgan fingerprint density at radius 1 is 1.50 bits per heavy atom. The van der Waals surface area contributed by atoms with E-state index in [4.69, 9.17) is 15.6 Å². The molecule has 0 aliphatic rings. The number of carboxylic acid groups (broad SMARTS) is 1. The van der Waals surface area contributed by atoms with E-state index >= 15 is 0 Å². The fourth-order valence-corrected chi connectivity index (χ4v) is 1.81. The Morgan fingerprint density at radius 3 is 2.85 bits per heavy atom. The molecule has 2 aromatic rings. The van der Waals surface area contributed by atoms with E-state index in [0.717, 1.165) is 0 Å². The predicted molar refractivity (Wildman–Crippen MR) is 68.6 cm³/mol. The number of carbonyl (C=O) groups is 1. The number of hydrogen-bond acceptors (Lipinski definition) is 6. The highest BCUT2D eigenvalue weighted by Gasteiger charge is 2.16. The normalized spacial score (nSPS) is 10.7. The number of ether oxygens (including phenoxy) is 1. The van der Waals surface area contributed by atoms with E-state index in [2.05, 4.69) is 10.3 Å². The Bertz CT molecular complexity index is 638. The maximum Gasteiger partial charge on any atom is 0.339 e. The van der Waals surface area contributed by atoms with Crippen LogP contribution in [0.2, 0.25) is 0 Å². The van der Waals surface area contributed by atoms with Crippen LogP contribution in [0.1, 0.15) is 21.7 Å². The summed E-state index contributed by atoms with van der Waals surface area (Å²) in [4.78, 5) is 11.0. The maximum atomic E-state index is 11.0. The lowest BCUT2D eigenvalue weighted by molar-refractivity contribution is 0.0693. The van der Waals surface area contributed by atoms with Crippen LogP contribution >= 0.6 is 0 Å². The molecule has 0 aliphatic carbocycles. The first-order chi connectivity index (χ1) is 9.58. The molecule has 0 aliphatic heterocycles. The zero-order valence-corrected chi connectivity index (χ0v) is 10.8. The number of aromatic carboxylic acids is 1. The summed E-state index contributed by atoms with van der Waals surface area (Å²) in [5, 5.41) is 26.4. The Hall–Kier alpha value is -2.45. The van der Waals surface area contributed by atoms with Crippen molar-refractivity contribution in [3.63, 3.8) is 0 Å². The number of phenols is 1. The molecular formula is C12H14N4O4. The Kier molecular flexibility index (Phi) is 3.97.